The molecule has 0 saturated carbocycles. The minimum absolute atomic E-state index is 0.230. The molecule has 0 amide bonds. The number of halogens is 1. The topological polar surface area (TPSA) is 65.2 Å². The molecule has 0 aliphatic rings. The number of ether oxygens (including phenoxy) is 1. The molecule has 1 aromatic heterocycles. The van der Waals surface area contributed by atoms with E-state index in [9.17, 15) is 4.79 Å². The number of nitrogen functional groups attached to an aromatic ring is 1. The Hall–Kier alpha value is -1.29. The van der Waals surface area contributed by atoms with Crippen LogP contribution >= 0.6 is 11.6 Å². The summed E-state index contributed by atoms with van der Waals surface area (Å²) >= 11 is 5.69. The highest BCUT2D eigenvalue weighted by Crippen LogP contribution is 2.16. The first-order chi connectivity index (χ1) is 8.00. The molecule has 0 unspecified atom stereocenters. The molecule has 4 nitrogen and oxygen atoms in total. The fourth-order valence-electron chi connectivity index (χ4n) is 1.35. The van der Waals surface area contributed by atoms with Gasteiger partial charge in [0.05, 0.1) is 24.1 Å². The van der Waals surface area contributed by atoms with E-state index in [0.29, 0.717) is 12.5 Å². The lowest BCUT2D eigenvalue weighted by molar-refractivity contribution is 0.0496. The molecule has 0 bridgehead atoms. The average molecular weight is 257 g/mol. The molecule has 0 saturated heterocycles. The van der Waals surface area contributed by atoms with Crippen LogP contribution in [0.1, 0.15) is 37.0 Å². The van der Waals surface area contributed by atoms with E-state index in [-0.39, 0.29) is 16.4 Å². The fourth-order valence-corrected chi connectivity index (χ4v) is 1.51. The molecule has 1 heterocycles. The summed E-state index contributed by atoms with van der Waals surface area (Å²) in [5.74, 6) is 0.157. The quantitative estimate of drug-likeness (QED) is 0.500. The van der Waals surface area contributed by atoms with E-state index in [2.05, 4.69) is 18.8 Å². The third-order valence-corrected chi connectivity index (χ3v) is 2.49. The molecule has 1 aromatic rings. The summed E-state index contributed by atoms with van der Waals surface area (Å²) in [4.78, 5) is 15.4. The molecule has 94 valence electrons. The highest BCUT2D eigenvalue weighted by atomic mass is 35.5. The Labute approximate surface area is 106 Å². The molecule has 0 spiro atoms. The molecule has 5 heteroatoms. The normalized spacial score (nSPS) is 10.6. The predicted octanol–water partition coefficient (Wildman–Crippen LogP) is 2.91. The molecule has 0 atom stereocenters. The van der Waals surface area contributed by atoms with Crippen molar-refractivity contribution in [3.63, 3.8) is 0 Å². The largest absolute Gasteiger partial charge is 0.462 e. The monoisotopic (exact) mass is 256 g/mol. The van der Waals surface area contributed by atoms with E-state index >= 15 is 0 Å². The Morgan fingerprint density at radius 3 is 2.94 bits per heavy atom. The van der Waals surface area contributed by atoms with Gasteiger partial charge in [0.25, 0.3) is 0 Å². The molecule has 0 aliphatic carbocycles. The average Bonchev–Trinajstić information content (AvgIpc) is 2.27. The number of carbonyl (C=O) groups is 1. The summed E-state index contributed by atoms with van der Waals surface area (Å²) in [5.41, 5.74) is 6.17. The van der Waals surface area contributed by atoms with Gasteiger partial charge in [-0.05, 0) is 24.8 Å². The molecular formula is C12H17ClN2O2. The summed E-state index contributed by atoms with van der Waals surface area (Å²) in [6, 6.07) is 1.42. The van der Waals surface area contributed by atoms with Crippen LogP contribution in [0.15, 0.2) is 12.3 Å². The summed E-state index contributed by atoms with van der Waals surface area (Å²) in [6.45, 7) is 4.65. The van der Waals surface area contributed by atoms with Crippen molar-refractivity contribution in [1.82, 2.24) is 4.98 Å². The van der Waals surface area contributed by atoms with Crippen LogP contribution in [0, 0.1) is 5.92 Å². The van der Waals surface area contributed by atoms with Gasteiger partial charge in [0.1, 0.15) is 5.15 Å². The SMILES string of the molecule is CC(C)CCCOC(=O)c1cc(Cl)ncc1N. The van der Waals surface area contributed by atoms with Crippen molar-refractivity contribution < 1.29 is 9.53 Å². The predicted molar refractivity (Wildman–Crippen MR) is 68.0 cm³/mol. The van der Waals surface area contributed by atoms with Crippen molar-refractivity contribution in [3.8, 4) is 0 Å². The molecular weight excluding hydrogens is 240 g/mol. The smallest absolute Gasteiger partial charge is 0.340 e. The second-order valence-electron chi connectivity index (χ2n) is 4.27. The maximum Gasteiger partial charge on any atom is 0.340 e. The van der Waals surface area contributed by atoms with Gasteiger partial charge in [-0.3, -0.25) is 0 Å². The molecule has 0 aromatic carbocycles. The number of pyridine rings is 1. The molecule has 0 radical (unpaired) electrons. The number of hydrogen-bond acceptors (Lipinski definition) is 4. The molecule has 17 heavy (non-hydrogen) atoms. The van der Waals surface area contributed by atoms with Crippen LogP contribution in [-0.4, -0.2) is 17.6 Å². The van der Waals surface area contributed by atoms with Crippen molar-refractivity contribution in [2.45, 2.75) is 26.7 Å². The minimum atomic E-state index is -0.449. The summed E-state index contributed by atoms with van der Waals surface area (Å²) in [6.07, 6.45) is 3.23. The number of nitrogens with two attached hydrogens (primary N) is 1. The number of aromatic nitrogens is 1. The van der Waals surface area contributed by atoms with Crippen molar-refractivity contribution in [3.05, 3.63) is 23.0 Å². The first-order valence-electron chi connectivity index (χ1n) is 5.59. The Morgan fingerprint density at radius 2 is 2.29 bits per heavy atom. The van der Waals surface area contributed by atoms with Crippen LogP contribution in [0.3, 0.4) is 0 Å². The Balaban J connectivity index is 2.49. The van der Waals surface area contributed by atoms with Crippen LogP contribution in [0.2, 0.25) is 5.15 Å². The lowest BCUT2D eigenvalue weighted by atomic mass is 10.1. The van der Waals surface area contributed by atoms with Gasteiger partial charge < -0.3 is 10.5 Å². The lowest BCUT2D eigenvalue weighted by Crippen LogP contribution is -2.10. The number of anilines is 1. The summed E-state index contributed by atoms with van der Waals surface area (Å²) in [7, 11) is 0. The fraction of sp³-hybridized carbons (Fsp3) is 0.500. The zero-order valence-electron chi connectivity index (χ0n) is 10.1. The van der Waals surface area contributed by atoms with Gasteiger partial charge in [-0.25, -0.2) is 9.78 Å². The lowest BCUT2D eigenvalue weighted by Gasteiger charge is -2.08. The van der Waals surface area contributed by atoms with Crippen LogP contribution in [0.5, 0.6) is 0 Å². The molecule has 1 rings (SSSR count). The van der Waals surface area contributed by atoms with E-state index in [1.807, 2.05) is 0 Å². The number of rotatable bonds is 5. The third-order valence-electron chi connectivity index (χ3n) is 2.28. The summed E-state index contributed by atoms with van der Waals surface area (Å²) in [5, 5.41) is 0.230. The van der Waals surface area contributed by atoms with Gasteiger partial charge in [-0.15, -0.1) is 0 Å². The number of carbonyl (C=O) groups excluding carboxylic acids is 1. The highest BCUT2D eigenvalue weighted by Gasteiger charge is 2.12. The van der Waals surface area contributed by atoms with E-state index in [1.165, 1.54) is 12.3 Å². The molecule has 2 N–H and O–H groups in total. The maximum absolute atomic E-state index is 11.7. The summed E-state index contributed by atoms with van der Waals surface area (Å²) < 4.78 is 5.11. The number of esters is 1. The Morgan fingerprint density at radius 1 is 1.59 bits per heavy atom. The van der Waals surface area contributed by atoms with Crippen molar-refractivity contribution in [2.24, 2.45) is 5.92 Å². The van der Waals surface area contributed by atoms with Gasteiger partial charge >= 0.3 is 5.97 Å². The standard InChI is InChI=1S/C12H17ClN2O2/c1-8(2)4-3-5-17-12(16)9-6-11(13)15-7-10(9)14/h6-8H,3-5,14H2,1-2H3. The molecule has 0 fully saturated rings. The first-order valence-corrected chi connectivity index (χ1v) is 5.96. The van der Waals surface area contributed by atoms with E-state index in [0.717, 1.165) is 12.8 Å². The highest BCUT2D eigenvalue weighted by molar-refractivity contribution is 6.29. The third kappa shape index (κ3) is 4.61. The Kier molecular flexibility index (Phi) is 5.22. The van der Waals surface area contributed by atoms with Gasteiger partial charge in [0, 0.05) is 0 Å². The molecule has 0 aliphatic heterocycles. The number of hydrogen-bond donors (Lipinski definition) is 1. The van der Waals surface area contributed by atoms with Gasteiger partial charge in [-0.2, -0.15) is 0 Å². The van der Waals surface area contributed by atoms with E-state index < -0.39 is 5.97 Å². The van der Waals surface area contributed by atoms with Crippen LogP contribution < -0.4 is 5.73 Å². The van der Waals surface area contributed by atoms with Crippen molar-refractivity contribution in [2.75, 3.05) is 12.3 Å². The maximum atomic E-state index is 11.7. The van der Waals surface area contributed by atoms with Crippen LogP contribution in [0.25, 0.3) is 0 Å². The van der Waals surface area contributed by atoms with Crippen LogP contribution in [0.4, 0.5) is 5.69 Å². The van der Waals surface area contributed by atoms with Gasteiger partial charge in [0.2, 0.25) is 0 Å². The second-order valence-corrected chi connectivity index (χ2v) is 4.65. The van der Waals surface area contributed by atoms with Crippen molar-refractivity contribution >= 4 is 23.3 Å². The van der Waals surface area contributed by atoms with E-state index in [4.69, 9.17) is 22.1 Å². The van der Waals surface area contributed by atoms with Crippen molar-refractivity contribution in [1.29, 1.82) is 0 Å². The number of nitrogens with zero attached hydrogens (tertiary/aromatic N) is 1. The second kappa shape index (κ2) is 6.45. The van der Waals surface area contributed by atoms with Gasteiger partial charge in [-0.1, -0.05) is 25.4 Å². The van der Waals surface area contributed by atoms with Crippen LogP contribution in [-0.2, 0) is 4.74 Å². The van der Waals surface area contributed by atoms with E-state index in [1.54, 1.807) is 0 Å². The zero-order valence-corrected chi connectivity index (χ0v) is 10.8. The first kappa shape index (κ1) is 13.8. The minimum Gasteiger partial charge on any atom is -0.462 e. The zero-order chi connectivity index (χ0) is 12.8. The van der Waals surface area contributed by atoms with Gasteiger partial charge in [0.15, 0.2) is 0 Å². The Bertz CT molecular complexity index is 394.